The fourth-order valence-corrected chi connectivity index (χ4v) is 2.94. The highest BCUT2D eigenvalue weighted by Gasteiger charge is 2.21. The van der Waals surface area contributed by atoms with Gasteiger partial charge in [-0.2, -0.15) is 0 Å². The third kappa shape index (κ3) is 4.93. The third-order valence-electron chi connectivity index (χ3n) is 4.46. The minimum absolute atomic E-state index is 0.0143. The summed E-state index contributed by atoms with van der Waals surface area (Å²) in [5, 5.41) is 10.7. The van der Waals surface area contributed by atoms with E-state index in [0.717, 1.165) is 5.69 Å². The van der Waals surface area contributed by atoms with Crippen LogP contribution in [0.4, 0.5) is 15.8 Å². The van der Waals surface area contributed by atoms with E-state index < -0.39 is 4.92 Å². The van der Waals surface area contributed by atoms with Crippen molar-refractivity contribution in [3.05, 3.63) is 64.5 Å². The highest BCUT2D eigenvalue weighted by atomic mass is 19.1. The number of hydrogen-bond donors (Lipinski definition) is 0. The zero-order valence-corrected chi connectivity index (χ0v) is 14.7. The van der Waals surface area contributed by atoms with Gasteiger partial charge in [0, 0.05) is 44.0 Å². The Labute approximate surface area is 156 Å². The monoisotopic (exact) mass is 373 g/mol. The number of halogens is 1. The van der Waals surface area contributed by atoms with E-state index in [2.05, 4.69) is 4.90 Å². The molecule has 0 aliphatic carbocycles. The number of non-ortho nitro benzene ring substituents is 1. The number of nitrogens with zero attached hydrogens (tertiary/aromatic N) is 3. The molecule has 1 aliphatic heterocycles. The number of carbonyl (C=O) groups excluding carboxylic acids is 1. The number of nitro groups is 1. The van der Waals surface area contributed by atoms with E-state index in [9.17, 15) is 19.3 Å². The van der Waals surface area contributed by atoms with Crippen molar-refractivity contribution in [1.29, 1.82) is 0 Å². The van der Waals surface area contributed by atoms with Gasteiger partial charge in [-0.3, -0.25) is 14.9 Å². The van der Waals surface area contributed by atoms with Crippen molar-refractivity contribution in [3.8, 4) is 5.75 Å². The first kappa shape index (κ1) is 18.6. The molecule has 2 aromatic rings. The van der Waals surface area contributed by atoms with Crippen molar-refractivity contribution in [3.63, 3.8) is 0 Å². The topological polar surface area (TPSA) is 75.9 Å². The van der Waals surface area contributed by atoms with E-state index in [4.69, 9.17) is 4.74 Å². The van der Waals surface area contributed by atoms with E-state index >= 15 is 0 Å². The number of hydrogen-bond acceptors (Lipinski definition) is 5. The molecule has 1 fully saturated rings. The molecule has 0 unspecified atom stereocenters. The summed E-state index contributed by atoms with van der Waals surface area (Å²) in [7, 11) is 0. The molecule has 142 valence electrons. The highest BCUT2D eigenvalue weighted by Crippen LogP contribution is 2.21. The molecule has 2 aromatic carbocycles. The highest BCUT2D eigenvalue weighted by molar-refractivity contribution is 5.76. The van der Waals surface area contributed by atoms with Gasteiger partial charge in [-0.25, -0.2) is 4.39 Å². The van der Waals surface area contributed by atoms with Gasteiger partial charge in [-0.1, -0.05) is 0 Å². The van der Waals surface area contributed by atoms with Crippen molar-refractivity contribution in [2.75, 3.05) is 37.7 Å². The molecule has 27 heavy (non-hydrogen) atoms. The Hall–Kier alpha value is -3.16. The first-order valence-electron chi connectivity index (χ1n) is 8.68. The van der Waals surface area contributed by atoms with Gasteiger partial charge in [-0.05, 0) is 36.4 Å². The predicted octanol–water partition coefficient (Wildman–Crippen LogP) is 2.85. The smallest absolute Gasteiger partial charge is 0.269 e. The molecule has 0 saturated carbocycles. The lowest BCUT2D eigenvalue weighted by Crippen LogP contribution is -2.49. The fourth-order valence-electron chi connectivity index (χ4n) is 2.94. The molecule has 7 nitrogen and oxygen atoms in total. The normalized spacial score (nSPS) is 14.1. The maximum atomic E-state index is 12.8. The molecular weight excluding hydrogens is 353 g/mol. The van der Waals surface area contributed by atoms with E-state index in [1.807, 2.05) is 0 Å². The van der Waals surface area contributed by atoms with Gasteiger partial charge in [0.2, 0.25) is 5.91 Å². The Morgan fingerprint density at radius 1 is 1.04 bits per heavy atom. The van der Waals surface area contributed by atoms with Crippen molar-refractivity contribution >= 4 is 17.3 Å². The van der Waals surface area contributed by atoms with Gasteiger partial charge in [0.25, 0.3) is 5.69 Å². The average Bonchev–Trinajstić information content (AvgIpc) is 2.69. The molecule has 1 amide bonds. The van der Waals surface area contributed by atoms with Crippen molar-refractivity contribution in [2.45, 2.75) is 6.42 Å². The first-order valence-corrected chi connectivity index (χ1v) is 8.68. The summed E-state index contributed by atoms with van der Waals surface area (Å²) in [5.74, 6) is 0.219. The summed E-state index contributed by atoms with van der Waals surface area (Å²) in [6.07, 6.45) is 0.259. The summed E-state index contributed by atoms with van der Waals surface area (Å²) >= 11 is 0. The number of nitro benzene ring substituents is 1. The van der Waals surface area contributed by atoms with Gasteiger partial charge in [-0.15, -0.1) is 0 Å². The second-order valence-electron chi connectivity index (χ2n) is 6.19. The van der Waals surface area contributed by atoms with Crippen LogP contribution in [0.1, 0.15) is 6.42 Å². The first-order chi connectivity index (χ1) is 13.0. The van der Waals surface area contributed by atoms with Gasteiger partial charge in [0.1, 0.15) is 11.6 Å². The Balaban J connectivity index is 1.43. The maximum absolute atomic E-state index is 12.8. The number of ether oxygens (including phenoxy) is 1. The molecule has 1 aliphatic rings. The number of benzene rings is 2. The van der Waals surface area contributed by atoms with Gasteiger partial charge in [0.15, 0.2) is 0 Å². The van der Waals surface area contributed by atoms with Crippen LogP contribution in [0, 0.1) is 15.9 Å². The third-order valence-corrected chi connectivity index (χ3v) is 4.46. The van der Waals surface area contributed by atoms with Crippen LogP contribution in [0.15, 0.2) is 48.5 Å². The molecular formula is C19H20FN3O4. The SMILES string of the molecule is O=C(CCOc1ccc(F)cc1)N1CCN(c2ccc([N+](=O)[O-])cc2)CC1. The van der Waals surface area contributed by atoms with Crippen LogP contribution < -0.4 is 9.64 Å². The van der Waals surface area contributed by atoms with Gasteiger partial charge in [0.05, 0.1) is 18.0 Å². The Bertz CT molecular complexity index is 788. The van der Waals surface area contributed by atoms with Gasteiger partial charge < -0.3 is 14.5 Å². The van der Waals surface area contributed by atoms with Crippen molar-refractivity contribution in [2.24, 2.45) is 0 Å². The molecule has 0 spiro atoms. The molecule has 1 heterocycles. The number of carbonyl (C=O) groups is 1. The molecule has 0 N–H and O–H groups in total. The lowest BCUT2D eigenvalue weighted by atomic mass is 10.2. The zero-order valence-electron chi connectivity index (χ0n) is 14.7. The molecule has 3 rings (SSSR count). The van der Waals surface area contributed by atoms with E-state index in [1.165, 1.54) is 36.4 Å². The molecule has 0 radical (unpaired) electrons. The standard InChI is InChI=1S/C19H20FN3O4/c20-15-1-7-18(8-2-15)27-14-9-19(24)22-12-10-21(11-13-22)16-3-5-17(6-4-16)23(25)26/h1-8H,9-14H2. The summed E-state index contributed by atoms with van der Waals surface area (Å²) < 4.78 is 18.3. The average molecular weight is 373 g/mol. The number of piperazine rings is 1. The molecule has 0 atom stereocenters. The lowest BCUT2D eigenvalue weighted by Gasteiger charge is -2.36. The summed E-state index contributed by atoms with van der Waals surface area (Å²) in [5.41, 5.74) is 0.973. The van der Waals surface area contributed by atoms with Crippen LogP contribution in [0.5, 0.6) is 5.75 Å². The van der Waals surface area contributed by atoms with Crippen LogP contribution in [-0.2, 0) is 4.79 Å². The van der Waals surface area contributed by atoms with Gasteiger partial charge >= 0.3 is 0 Å². The Morgan fingerprint density at radius 2 is 1.67 bits per heavy atom. The largest absolute Gasteiger partial charge is 0.493 e. The van der Waals surface area contributed by atoms with E-state index in [1.54, 1.807) is 17.0 Å². The second-order valence-corrected chi connectivity index (χ2v) is 6.19. The molecule has 8 heteroatoms. The van der Waals surface area contributed by atoms with Crippen molar-refractivity contribution < 1.29 is 18.8 Å². The fraction of sp³-hybridized carbons (Fsp3) is 0.316. The van der Waals surface area contributed by atoms with Crippen LogP contribution in [0.2, 0.25) is 0 Å². The molecule has 1 saturated heterocycles. The minimum Gasteiger partial charge on any atom is -0.493 e. The minimum atomic E-state index is -0.422. The number of anilines is 1. The summed E-state index contributed by atoms with van der Waals surface area (Å²) in [6.45, 7) is 2.76. The van der Waals surface area contributed by atoms with E-state index in [0.29, 0.717) is 31.9 Å². The zero-order chi connectivity index (χ0) is 19.2. The molecule has 0 bridgehead atoms. The summed E-state index contributed by atoms with van der Waals surface area (Å²) in [6, 6.07) is 12.1. The second kappa shape index (κ2) is 8.48. The van der Waals surface area contributed by atoms with Crippen LogP contribution in [0.25, 0.3) is 0 Å². The number of rotatable bonds is 6. The quantitative estimate of drug-likeness (QED) is 0.575. The molecule has 0 aromatic heterocycles. The Morgan fingerprint density at radius 3 is 2.26 bits per heavy atom. The van der Waals surface area contributed by atoms with Crippen LogP contribution in [0.3, 0.4) is 0 Å². The predicted molar refractivity (Wildman–Crippen MR) is 98.4 cm³/mol. The van der Waals surface area contributed by atoms with Crippen LogP contribution >= 0.6 is 0 Å². The van der Waals surface area contributed by atoms with Crippen molar-refractivity contribution in [1.82, 2.24) is 4.90 Å². The lowest BCUT2D eigenvalue weighted by molar-refractivity contribution is -0.384. The maximum Gasteiger partial charge on any atom is 0.269 e. The van der Waals surface area contributed by atoms with E-state index in [-0.39, 0.29) is 30.4 Å². The summed E-state index contributed by atoms with van der Waals surface area (Å²) in [4.78, 5) is 26.5. The Kier molecular flexibility index (Phi) is 5.85. The van der Waals surface area contributed by atoms with Crippen LogP contribution in [-0.4, -0.2) is 48.5 Å². The number of amides is 1.